The zero-order valence-corrected chi connectivity index (χ0v) is 16.4. The Labute approximate surface area is 169 Å². The molecule has 1 N–H and O–H groups in total. The largest absolute Gasteiger partial charge is 0.387 e. The van der Waals surface area contributed by atoms with E-state index in [0.29, 0.717) is 10.9 Å². The Morgan fingerprint density at radius 1 is 1.00 bits per heavy atom. The first-order valence-electron chi connectivity index (χ1n) is 10.2. The predicted molar refractivity (Wildman–Crippen MR) is 108 cm³/mol. The van der Waals surface area contributed by atoms with Gasteiger partial charge in [0.15, 0.2) is 0 Å². The van der Waals surface area contributed by atoms with Gasteiger partial charge in [-0.2, -0.15) is 0 Å². The molecule has 2 aliphatic rings. The third kappa shape index (κ3) is 3.23. The van der Waals surface area contributed by atoms with Gasteiger partial charge in [-0.05, 0) is 85.6 Å². The van der Waals surface area contributed by atoms with Gasteiger partial charge in [-0.15, -0.1) is 0 Å². The Balaban J connectivity index is 1.38. The van der Waals surface area contributed by atoms with Crippen LogP contribution in [-0.4, -0.2) is 14.5 Å². The number of halogens is 2. The molecule has 2 heterocycles. The highest BCUT2D eigenvalue weighted by molar-refractivity contribution is 6.30. The Bertz CT molecular complexity index is 1010. The maximum atomic E-state index is 14.3. The monoisotopic (exact) mass is 398 g/mol. The van der Waals surface area contributed by atoms with E-state index in [-0.39, 0.29) is 17.7 Å². The van der Waals surface area contributed by atoms with Crippen LogP contribution in [0, 0.1) is 11.7 Å². The summed E-state index contributed by atoms with van der Waals surface area (Å²) in [7, 11) is 0. The highest BCUT2D eigenvalue weighted by Gasteiger charge is 2.34. The van der Waals surface area contributed by atoms with E-state index in [1.165, 1.54) is 24.5 Å². The third-order valence-electron chi connectivity index (χ3n) is 6.57. The molecular weight excluding hydrogens is 375 g/mol. The minimum atomic E-state index is -0.510. The van der Waals surface area contributed by atoms with Gasteiger partial charge in [0.2, 0.25) is 0 Å². The summed E-state index contributed by atoms with van der Waals surface area (Å²) >= 11 is 5.89. The second-order valence-corrected chi connectivity index (χ2v) is 8.80. The van der Waals surface area contributed by atoms with Crippen LogP contribution in [-0.2, 0) is 0 Å². The number of aliphatic hydroxyl groups is 1. The molecule has 146 valence electrons. The number of benzene rings is 1. The molecule has 0 amide bonds. The quantitative estimate of drug-likeness (QED) is 0.584. The molecule has 5 heteroatoms. The molecule has 2 fully saturated rings. The standard InChI is InChI=1S/C23H24ClFN2O/c24-17-7-9-19(21(25)11-17)14-3-5-16(6-4-14)23(28)22-20(15-1-2-15)10-8-18-12-26-13-27(18)22/h7-16,23,28H,1-6H2. The second-order valence-electron chi connectivity index (χ2n) is 8.36. The van der Waals surface area contributed by atoms with Crippen LogP contribution in [0.1, 0.15) is 73.3 Å². The van der Waals surface area contributed by atoms with Crippen molar-refractivity contribution in [2.45, 2.75) is 56.5 Å². The van der Waals surface area contributed by atoms with E-state index in [1.807, 2.05) is 18.6 Å². The molecule has 0 bridgehead atoms. The van der Waals surface area contributed by atoms with Crippen molar-refractivity contribution in [2.24, 2.45) is 5.92 Å². The average molecular weight is 399 g/mol. The first-order valence-corrected chi connectivity index (χ1v) is 10.6. The zero-order valence-electron chi connectivity index (χ0n) is 15.7. The van der Waals surface area contributed by atoms with Crippen LogP contribution in [0.4, 0.5) is 4.39 Å². The molecule has 2 aromatic heterocycles. The fourth-order valence-electron chi connectivity index (χ4n) is 4.88. The van der Waals surface area contributed by atoms with E-state index >= 15 is 0 Å². The van der Waals surface area contributed by atoms with Crippen LogP contribution >= 0.6 is 11.6 Å². The first kappa shape index (κ1) is 18.1. The van der Waals surface area contributed by atoms with Crippen LogP contribution in [0.25, 0.3) is 5.52 Å². The summed E-state index contributed by atoms with van der Waals surface area (Å²) in [6.07, 6.45) is 9.10. The van der Waals surface area contributed by atoms with Gasteiger partial charge >= 0.3 is 0 Å². The smallest absolute Gasteiger partial charge is 0.128 e. The molecule has 3 nitrogen and oxygen atoms in total. The van der Waals surface area contributed by atoms with E-state index < -0.39 is 6.10 Å². The number of hydrogen-bond donors (Lipinski definition) is 1. The Morgan fingerprint density at radius 2 is 1.68 bits per heavy atom. The van der Waals surface area contributed by atoms with Crippen LogP contribution in [0.5, 0.6) is 0 Å². The zero-order chi connectivity index (χ0) is 19.3. The van der Waals surface area contributed by atoms with Crippen molar-refractivity contribution < 1.29 is 9.50 Å². The van der Waals surface area contributed by atoms with E-state index in [0.717, 1.165) is 42.5 Å². The van der Waals surface area contributed by atoms with Gasteiger partial charge in [-0.3, -0.25) is 0 Å². The van der Waals surface area contributed by atoms with Gasteiger partial charge in [-0.1, -0.05) is 23.7 Å². The second kappa shape index (κ2) is 7.16. The van der Waals surface area contributed by atoms with Crippen LogP contribution in [0.2, 0.25) is 5.02 Å². The summed E-state index contributed by atoms with van der Waals surface area (Å²) in [5, 5.41) is 11.8. The van der Waals surface area contributed by atoms with Crippen molar-refractivity contribution in [3.05, 3.63) is 70.5 Å². The number of imidazole rings is 1. The van der Waals surface area contributed by atoms with E-state index in [1.54, 1.807) is 6.07 Å². The minimum absolute atomic E-state index is 0.192. The number of rotatable bonds is 4. The third-order valence-corrected chi connectivity index (χ3v) is 6.81. The molecule has 2 saturated carbocycles. The van der Waals surface area contributed by atoms with Crippen molar-refractivity contribution in [2.75, 3.05) is 0 Å². The van der Waals surface area contributed by atoms with Gasteiger partial charge in [0, 0.05) is 5.02 Å². The van der Waals surface area contributed by atoms with Crippen molar-refractivity contribution in [3.8, 4) is 0 Å². The minimum Gasteiger partial charge on any atom is -0.387 e. The summed E-state index contributed by atoms with van der Waals surface area (Å²) in [5.41, 5.74) is 4.06. The molecule has 0 saturated heterocycles. The lowest BCUT2D eigenvalue weighted by Crippen LogP contribution is -2.22. The van der Waals surface area contributed by atoms with Crippen molar-refractivity contribution in [1.29, 1.82) is 0 Å². The molecule has 1 atom stereocenters. The SMILES string of the molecule is OC(c1c(C2CC2)ccc2cncn12)C1CCC(c2ccc(Cl)cc2F)CC1. The first-order chi connectivity index (χ1) is 13.6. The molecular formula is C23H24ClFN2O. The van der Waals surface area contributed by atoms with E-state index in [4.69, 9.17) is 11.6 Å². The number of aliphatic hydroxyl groups excluding tert-OH is 1. The fourth-order valence-corrected chi connectivity index (χ4v) is 5.04. The maximum Gasteiger partial charge on any atom is 0.128 e. The number of pyridine rings is 1. The van der Waals surface area contributed by atoms with Crippen LogP contribution < -0.4 is 0 Å². The molecule has 28 heavy (non-hydrogen) atoms. The van der Waals surface area contributed by atoms with Crippen molar-refractivity contribution >= 4 is 17.1 Å². The van der Waals surface area contributed by atoms with Crippen LogP contribution in [0.3, 0.4) is 0 Å². The topological polar surface area (TPSA) is 37.5 Å². The average Bonchev–Trinajstić information content (AvgIpc) is 3.43. The molecule has 3 aromatic rings. The lowest BCUT2D eigenvalue weighted by atomic mass is 9.75. The lowest BCUT2D eigenvalue weighted by Gasteiger charge is -2.33. The van der Waals surface area contributed by atoms with Gasteiger partial charge in [0.05, 0.1) is 29.8 Å². The number of aromatic nitrogens is 2. The molecule has 5 rings (SSSR count). The summed E-state index contributed by atoms with van der Waals surface area (Å²) in [4.78, 5) is 4.28. The van der Waals surface area contributed by atoms with E-state index in [2.05, 4.69) is 21.5 Å². The summed E-state index contributed by atoms with van der Waals surface area (Å²) in [5.74, 6) is 0.747. The maximum absolute atomic E-state index is 14.3. The summed E-state index contributed by atoms with van der Waals surface area (Å²) in [6.45, 7) is 0. The highest BCUT2D eigenvalue weighted by atomic mass is 35.5. The van der Waals surface area contributed by atoms with Gasteiger partial charge in [0.25, 0.3) is 0 Å². The Morgan fingerprint density at radius 3 is 2.39 bits per heavy atom. The number of nitrogens with zero attached hydrogens (tertiary/aromatic N) is 2. The number of fused-ring (bicyclic) bond motifs is 1. The Hall–Kier alpha value is -1.91. The van der Waals surface area contributed by atoms with Gasteiger partial charge < -0.3 is 9.51 Å². The highest BCUT2D eigenvalue weighted by Crippen LogP contribution is 2.47. The summed E-state index contributed by atoms with van der Waals surface area (Å²) in [6, 6.07) is 9.25. The fraction of sp³-hybridized carbons (Fsp3) is 0.435. The molecule has 2 aliphatic carbocycles. The summed E-state index contributed by atoms with van der Waals surface area (Å²) < 4.78 is 16.4. The van der Waals surface area contributed by atoms with Crippen molar-refractivity contribution in [3.63, 3.8) is 0 Å². The molecule has 0 radical (unpaired) electrons. The lowest BCUT2D eigenvalue weighted by molar-refractivity contribution is 0.0752. The van der Waals surface area contributed by atoms with Gasteiger partial charge in [0.1, 0.15) is 5.82 Å². The number of hydrogen-bond acceptors (Lipinski definition) is 2. The van der Waals surface area contributed by atoms with Crippen LogP contribution in [0.15, 0.2) is 42.9 Å². The van der Waals surface area contributed by atoms with E-state index in [9.17, 15) is 9.50 Å². The molecule has 1 unspecified atom stereocenters. The van der Waals surface area contributed by atoms with Gasteiger partial charge in [-0.25, -0.2) is 9.37 Å². The predicted octanol–water partition coefficient (Wildman–Crippen LogP) is 6.01. The molecule has 0 aliphatic heterocycles. The van der Waals surface area contributed by atoms with Crippen molar-refractivity contribution in [1.82, 2.24) is 9.38 Å². The molecule has 0 spiro atoms. The molecule has 1 aromatic carbocycles. The Kier molecular flexibility index (Phi) is 4.64. The normalized spacial score (nSPS) is 23.8.